The molecule has 1 saturated carbocycles. The minimum absolute atomic E-state index is 0.0778. The summed E-state index contributed by atoms with van der Waals surface area (Å²) in [4.78, 5) is 23.6. The van der Waals surface area contributed by atoms with Crippen molar-refractivity contribution in [2.75, 3.05) is 13.1 Å². The first-order valence-electron chi connectivity index (χ1n) is 6.19. The summed E-state index contributed by atoms with van der Waals surface area (Å²) in [6.45, 7) is 0.675. The van der Waals surface area contributed by atoms with Crippen LogP contribution in [0.2, 0.25) is 0 Å². The van der Waals surface area contributed by atoms with Gasteiger partial charge in [0.05, 0.1) is 11.5 Å². The Bertz CT molecular complexity index is 591. The summed E-state index contributed by atoms with van der Waals surface area (Å²) in [6, 6.07) is 3.12. The maximum atomic E-state index is 13.3. The molecule has 1 aromatic carbocycles. The van der Waals surface area contributed by atoms with E-state index in [4.69, 9.17) is 6.42 Å². The highest BCUT2D eigenvalue weighted by molar-refractivity contribution is 5.95. The van der Waals surface area contributed by atoms with Crippen molar-refractivity contribution in [3.05, 3.63) is 39.7 Å². The van der Waals surface area contributed by atoms with Gasteiger partial charge in [-0.1, -0.05) is 5.92 Å². The van der Waals surface area contributed by atoms with Gasteiger partial charge in [-0.3, -0.25) is 14.9 Å². The Morgan fingerprint density at radius 2 is 2.25 bits per heavy atom. The summed E-state index contributed by atoms with van der Waals surface area (Å²) in [5.74, 6) is 1.48. The van der Waals surface area contributed by atoms with E-state index >= 15 is 0 Å². The summed E-state index contributed by atoms with van der Waals surface area (Å²) in [5.41, 5.74) is -0.628. The van der Waals surface area contributed by atoms with E-state index in [0.717, 1.165) is 25.0 Å². The van der Waals surface area contributed by atoms with Crippen molar-refractivity contribution in [3.8, 4) is 12.3 Å². The fourth-order valence-corrected chi connectivity index (χ4v) is 1.91. The lowest BCUT2D eigenvalue weighted by Crippen LogP contribution is -2.33. The van der Waals surface area contributed by atoms with Gasteiger partial charge in [-0.15, -0.1) is 6.42 Å². The van der Waals surface area contributed by atoms with Gasteiger partial charge < -0.3 is 4.90 Å². The molecular weight excluding hydrogens is 263 g/mol. The zero-order valence-corrected chi connectivity index (χ0v) is 10.7. The largest absolute Gasteiger partial charge is 0.327 e. The predicted octanol–water partition coefficient (Wildman–Crippen LogP) is 2.22. The summed E-state index contributed by atoms with van der Waals surface area (Å²) in [5, 5.41) is 10.7. The molecule has 0 radical (unpaired) electrons. The van der Waals surface area contributed by atoms with Crippen LogP contribution in [0.15, 0.2) is 18.2 Å². The van der Waals surface area contributed by atoms with Gasteiger partial charge in [0.25, 0.3) is 5.91 Å². The lowest BCUT2D eigenvalue weighted by molar-refractivity contribution is -0.387. The van der Waals surface area contributed by atoms with Gasteiger partial charge in [-0.05, 0) is 30.9 Å². The number of carbonyl (C=O) groups excluding carboxylic acids is 1. The quantitative estimate of drug-likeness (QED) is 0.470. The number of nitro groups is 1. The molecule has 0 saturated heterocycles. The highest BCUT2D eigenvalue weighted by atomic mass is 19.1. The predicted molar refractivity (Wildman–Crippen MR) is 70.5 cm³/mol. The summed E-state index contributed by atoms with van der Waals surface area (Å²) < 4.78 is 13.3. The zero-order valence-electron chi connectivity index (χ0n) is 10.7. The van der Waals surface area contributed by atoms with Crippen LogP contribution in [0.1, 0.15) is 23.2 Å². The molecule has 0 N–H and O–H groups in total. The van der Waals surface area contributed by atoms with Crippen LogP contribution >= 0.6 is 0 Å². The highest BCUT2D eigenvalue weighted by Crippen LogP contribution is 2.30. The molecule has 1 amide bonds. The van der Waals surface area contributed by atoms with Crippen LogP contribution in [0.25, 0.3) is 0 Å². The molecule has 1 aliphatic rings. The van der Waals surface area contributed by atoms with Gasteiger partial charge >= 0.3 is 5.69 Å². The lowest BCUT2D eigenvalue weighted by atomic mass is 10.1. The Morgan fingerprint density at radius 3 is 2.80 bits per heavy atom. The number of hydrogen-bond acceptors (Lipinski definition) is 3. The van der Waals surface area contributed by atoms with Crippen LogP contribution < -0.4 is 0 Å². The number of halogens is 1. The molecule has 0 heterocycles. The first-order chi connectivity index (χ1) is 9.52. The topological polar surface area (TPSA) is 63.5 Å². The van der Waals surface area contributed by atoms with E-state index in [1.807, 2.05) is 0 Å². The van der Waals surface area contributed by atoms with Crippen molar-refractivity contribution in [2.24, 2.45) is 5.92 Å². The molecule has 1 aliphatic carbocycles. The van der Waals surface area contributed by atoms with Crippen molar-refractivity contribution in [1.29, 1.82) is 0 Å². The van der Waals surface area contributed by atoms with Crippen LogP contribution in [0.5, 0.6) is 0 Å². The third-order valence-electron chi connectivity index (χ3n) is 3.13. The smallest absolute Gasteiger partial charge is 0.305 e. The standard InChI is InChI=1S/C14H13FN2O3/c1-2-7-16(9-10-3-4-10)14(18)11-5-6-12(15)13(8-11)17(19)20/h1,5-6,8,10H,3-4,7,9H2. The van der Waals surface area contributed by atoms with Gasteiger partial charge in [-0.2, -0.15) is 4.39 Å². The van der Waals surface area contributed by atoms with Crippen molar-refractivity contribution >= 4 is 11.6 Å². The molecule has 0 bridgehead atoms. The first kappa shape index (κ1) is 14.0. The fourth-order valence-electron chi connectivity index (χ4n) is 1.91. The molecule has 6 heteroatoms. The SMILES string of the molecule is C#CCN(CC1CC1)C(=O)c1ccc(F)c([N+](=O)[O-])c1. The molecule has 0 aliphatic heterocycles. The van der Waals surface area contributed by atoms with Gasteiger partial charge in [0.1, 0.15) is 0 Å². The van der Waals surface area contributed by atoms with E-state index in [0.29, 0.717) is 12.5 Å². The van der Waals surface area contributed by atoms with E-state index in [9.17, 15) is 19.3 Å². The number of rotatable bonds is 5. The molecule has 2 rings (SSSR count). The number of nitrogens with zero attached hydrogens (tertiary/aromatic N) is 2. The van der Waals surface area contributed by atoms with E-state index in [2.05, 4.69) is 5.92 Å². The van der Waals surface area contributed by atoms with E-state index in [-0.39, 0.29) is 12.1 Å². The van der Waals surface area contributed by atoms with Gasteiger partial charge in [0, 0.05) is 18.2 Å². The van der Waals surface area contributed by atoms with Gasteiger partial charge in [0.15, 0.2) is 0 Å². The molecule has 1 fully saturated rings. The number of benzene rings is 1. The second-order valence-corrected chi connectivity index (χ2v) is 4.76. The summed E-state index contributed by atoms with van der Waals surface area (Å²) in [7, 11) is 0. The van der Waals surface area contributed by atoms with Crippen LogP contribution in [0, 0.1) is 34.2 Å². The molecular formula is C14H13FN2O3. The van der Waals surface area contributed by atoms with Crippen molar-refractivity contribution in [1.82, 2.24) is 4.90 Å². The van der Waals surface area contributed by atoms with Gasteiger partial charge in [0.2, 0.25) is 5.82 Å². The number of amides is 1. The lowest BCUT2D eigenvalue weighted by Gasteiger charge is -2.20. The van der Waals surface area contributed by atoms with E-state index in [1.165, 1.54) is 11.0 Å². The minimum Gasteiger partial charge on any atom is -0.327 e. The fraction of sp³-hybridized carbons (Fsp3) is 0.357. The highest BCUT2D eigenvalue weighted by Gasteiger charge is 2.28. The zero-order chi connectivity index (χ0) is 14.7. The Labute approximate surface area is 115 Å². The van der Waals surface area contributed by atoms with E-state index in [1.54, 1.807) is 0 Å². The monoisotopic (exact) mass is 276 g/mol. The molecule has 104 valence electrons. The Kier molecular flexibility index (Phi) is 3.99. The Morgan fingerprint density at radius 1 is 1.55 bits per heavy atom. The first-order valence-corrected chi connectivity index (χ1v) is 6.19. The average molecular weight is 276 g/mol. The molecule has 5 nitrogen and oxygen atoms in total. The molecule has 20 heavy (non-hydrogen) atoms. The second-order valence-electron chi connectivity index (χ2n) is 4.76. The summed E-state index contributed by atoms with van der Waals surface area (Å²) in [6.07, 6.45) is 7.34. The third kappa shape index (κ3) is 3.12. The van der Waals surface area contributed by atoms with Crippen molar-refractivity contribution < 1.29 is 14.1 Å². The summed E-state index contributed by atoms with van der Waals surface area (Å²) >= 11 is 0. The molecule has 1 aromatic rings. The van der Waals surface area contributed by atoms with Crippen LogP contribution in [0.4, 0.5) is 10.1 Å². The van der Waals surface area contributed by atoms with Gasteiger partial charge in [-0.25, -0.2) is 0 Å². The number of nitro benzene ring substituents is 1. The van der Waals surface area contributed by atoms with Crippen LogP contribution in [0.3, 0.4) is 0 Å². The third-order valence-corrected chi connectivity index (χ3v) is 3.13. The average Bonchev–Trinajstić information content (AvgIpc) is 3.21. The van der Waals surface area contributed by atoms with Crippen LogP contribution in [-0.4, -0.2) is 28.8 Å². The number of terminal acetylenes is 1. The molecule has 0 aromatic heterocycles. The van der Waals surface area contributed by atoms with E-state index < -0.39 is 22.3 Å². The molecule has 0 atom stereocenters. The molecule has 0 spiro atoms. The van der Waals surface area contributed by atoms with Crippen molar-refractivity contribution in [3.63, 3.8) is 0 Å². The number of hydrogen-bond donors (Lipinski definition) is 0. The molecule has 0 unspecified atom stereocenters. The minimum atomic E-state index is -0.961. The maximum Gasteiger partial charge on any atom is 0.305 e. The maximum absolute atomic E-state index is 13.3. The van der Waals surface area contributed by atoms with Crippen LogP contribution in [-0.2, 0) is 0 Å². The Hall–Kier alpha value is -2.42. The number of carbonyl (C=O) groups is 1. The second kappa shape index (κ2) is 5.70. The Balaban J connectivity index is 2.24. The van der Waals surface area contributed by atoms with Crippen molar-refractivity contribution in [2.45, 2.75) is 12.8 Å². The normalized spacial score (nSPS) is 13.6.